The van der Waals surface area contributed by atoms with Crippen LogP contribution in [0.5, 0.6) is 0 Å². The van der Waals surface area contributed by atoms with E-state index in [0.29, 0.717) is 17.0 Å². The van der Waals surface area contributed by atoms with Crippen LogP contribution in [0, 0.1) is 0 Å². The summed E-state index contributed by atoms with van der Waals surface area (Å²) < 4.78 is 31.6. The number of benzene rings is 3. The van der Waals surface area contributed by atoms with Crippen LogP contribution in [0.2, 0.25) is 0 Å². The molecule has 0 spiro atoms. The molecule has 0 radical (unpaired) electrons. The van der Waals surface area contributed by atoms with E-state index in [4.69, 9.17) is 4.42 Å². The van der Waals surface area contributed by atoms with Crippen molar-refractivity contribution in [2.45, 2.75) is 13.0 Å². The van der Waals surface area contributed by atoms with Gasteiger partial charge in [0.1, 0.15) is 17.2 Å². The van der Waals surface area contributed by atoms with E-state index in [2.05, 4.69) is 5.32 Å². The second kappa shape index (κ2) is 7.25. The van der Waals surface area contributed by atoms with E-state index >= 15 is 0 Å². The zero-order valence-electron chi connectivity index (χ0n) is 16.0. The van der Waals surface area contributed by atoms with Crippen molar-refractivity contribution in [2.75, 3.05) is 15.9 Å². The molecule has 1 unspecified atom stereocenters. The van der Waals surface area contributed by atoms with Gasteiger partial charge in [0, 0.05) is 22.5 Å². The second-order valence-corrected chi connectivity index (χ2v) is 8.73. The van der Waals surface area contributed by atoms with E-state index in [1.54, 1.807) is 49.4 Å². The van der Waals surface area contributed by atoms with Gasteiger partial charge in [0.2, 0.25) is 15.9 Å². The highest BCUT2D eigenvalue weighted by molar-refractivity contribution is 7.92. The maximum absolute atomic E-state index is 12.8. The Balaban J connectivity index is 1.63. The average molecular weight is 408 g/mol. The number of nitrogens with one attached hydrogen (secondary N) is 1. The van der Waals surface area contributed by atoms with Crippen molar-refractivity contribution in [2.24, 2.45) is 0 Å². The first kappa shape index (κ1) is 19.0. The number of fused-ring (bicyclic) bond motifs is 3. The maximum atomic E-state index is 12.8. The van der Waals surface area contributed by atoms with Crippen LogP contribution >= 0.6 is 0 Å². The van der Waals surface area contributed by atoms with Gasteiger partial charge in [0.15, 0.2) is 0 Å². The first-order chi connectivity index (χ1) is 13.8. The van der Waals surface area contributed by atoms with Crippen LogP contribution in [0.15, 0.2) is 77.2 Å². The number of nitrogens with zero attached hydrogens (tertiary/aromatic N) is 1. The Morgan fingerprint density at radius 1 is 0.931 bits per heavy atom. The van der Waals surface area contributed by atoms with Gasteiger partial charge in [0.05, 0.1) is 11.9 Å². The zero-order chi connectivity index (χ0) is 20.6. The predicted octanol–water partition coefficient (Wildman–Crippen LogP) is 4.38. The van der Waals surface area contributed by atoms with Crippen LogP contribution in [0.4, 0.5) is 11.4 Å². The minimum absolute atomic E-state index is 0.435. The Morgan fingerprint density at radius 3 is 2.31 bits per heavy atom. The van der Waals surface area contributed by atoms with E-state index in [9.17, 15) is 13.2 Å². The normalized spacial score (nSPS) is 12.8. The van der Waals surface area contributed by atoms with Crippen LogP contribution in [0.25, 0.3) is 21.9 Å². The van der Waals surface area contributed by atoms with Crippen molar-refractivity contribution < 1.29 is 17.6 Å². The smallest absolute Gasteiger partial charge is 0.247 e. The zero-order valence-corrected chi connectivity index (χ0v) is 16.8. The van der Waals surface area contributed by atoms with Crippen LogP contribution in [-0.2, 0) is 14.8 Å². The lowest BCUT2D eigenvalue weighted by Crippen LogP contribution is -2.45. The van der Waals surface area contributed by atoms with Gasteiger partial charge >= 0.3 is 0 Å². The third-order valence-corrected chi connectivity index (χ3v) is 5.99. The van der Waals surface area contributed by atoms with E-state index < -0.39 is 22.0 Å². The molecule has 1 aromatic heterocycles. The first-order valence-electron chi connectivity index (χ1n) is 9.11. The summed E-state index contributed by atoms with van der Waals surface area (Å²) in [5.41, 5.74) is 2.40. The molecule has 0 aliphatic carbocycles. The third kappa shape index (κ3) is 3.69. The molecule has 0 aliphatic heterocycles. The van der Waals surface area contributed by atoms with Crippen molar-refractivity contribution in [3.63, 3.8) is 0 Å². The number of amides is 1. The first-order valence-corrected chi connectivity index (χ1v) is 11.0. The van der Waals surface area contributed by atoms with E-state index in [1.165, 1.54) is 0 Å². The van der Waals surface area contributed by atoms with Gasteiger partial charge < -0.3 is 9.73 Å². The van der Waals surface area contributed by atoms with Crippen molar-refractivity contribution in [1.82, 2.24) is 0 Å². The molecule has 29 heavy (non-hydrogen) atoms. The predicted molar refractivity (Wildman–Crippen MR) is 116 cm³/mol. The van der Waals surface area contributed by atoms with Gasteiger partial charge in [-0.05, 0) is 37.3 Å². The fourth-order valence-corrected chi connectivity index (χ4v) is 4.61. The van der Waals surface area contributed by atoms with Crippen LogP contribution in [-0.4, -0.2) is 26.6 Å². The van der Waals surface area contributed by atoms with Gasteiger partial charge in [0.25, 0.3) is 0 Å². The molecule has 3 aromatic carbocycles. The lowest BCUT2D eigenvalue weighted by molar-refractivity contribution is -0.116. The Bertz CT molecular complexity index is 1300. The SMILES string of the molecule is CC(C(=O)Nc1ccc2c(c1)oc1ccccc12)N(c1ccccc1)S(C)(=O)=O. The summed E-state index contributed by atoms with van der Waals surface area (Å²) in [6.45, 7) is 1.56. The molecule has 1 amide bonds. The number of para-hydroxylation sites is 2. The number of hydrogen-bond acceptors (Lipinski definition) is 4. The molecular weight excluding hydrogens is 388 g/mol. The largest absolute Gasteiger partial charge is 0.456 e. The molecular formula is C22H20N2O4S. The second-order valence-electron chi connectivity index (χ2n) is 6.87. The summed E-state index contributed by atoms with van der Waals surface area (Å²) in [5, 5.41) is 4.75. The topological polar surface area (TPSA) is 79.6 Å². The minimum Gasteiger partial charge on any atom is -0.456 e. The van der Waals surface area contributed by atoms with Crippen molar-refractivity contribution in [3.05, 3.63) is 72.8 Å². The number of sulfonamides is 1. The van der Waals surface area contributed by atoms with E-state index in [-0.39, 0.29) is 0 Å². The Kier molecular flexibility index (Phi) is 4.76. The van der Waals surface area contributed by atoms with Gasteiger partial charge in [-0.1, -0.05) is 36.4 Å². The fraction of sp³-hybridized carbons (Fsp3) is 0.136. The summed E-state index contributed by atoms with van der Waals surface area (Å²) in [5.74, 6) is -0.435. The molecule has 0 aliphatic rings. The standard InChI is InChI=1S/C22H20N2O4S/c1-15(24(29(2,26)27)17-8-4-3-5-9-17)22(25)23-16-12-13-19-18-10-6-7-11-20(18)28-21(19)14-16/h3-15H,1-2H3,(H,23,25). The van der Waals surface area contributed by atoms with Gasteiger partial charge in [-0.15, -0.1) is 0 Å². The van der Waals surface area contributed by atoms with Crippen LogP contribution in [0.3, 0.4) is 0 Å². The summed E-state index contributed by atoms with van der Waals surface area (Å²) in [6, 6.07) is 20.7. The Hall–Kier alpha value is -3.32. The Morgan fingerprint density at radius 2 is 1.59 bits per heavy atom. The number of carbonyl (C=O) groups is 1. The Labute approximate surface area is 168 Å². The van der Waals surface area contributed by atoms with Crippen LogP contribution in [0.1, 0.15) is 6.92 Å². The summed E-state index contributed by atoms with van der Waals surface area (Å²) in [7, 11) is -3.65. The lowest BCUT2D eigenvalue weighted by Gasteiger charge is -2.28. The lowest BCUT2D eigenvalue weighted by atomic mass is 10.1. The highest BCUT2D eigenvalue weighted by Crippen LogP contribution is 2.30. The number of hydrogen-bond donors (Lipinski definition) is 1. The molecule has 0 saturated carbocycles. The monoisotopic (exact) mass is 408 g/mol. The number of anilines is 2. The molecule has 0 fully saturated rings. The van der Waals surface area contributed by atoms with Crippen molar-refractivity contribution in [3.8, 4) is 0 Å². The van der Waals surface area contributed by atoms with E-state index in [0.717, 1.165) is 26.9 Å². The average Bonchev–Trinajstić information content (AvgIpc) is 3.05. The molecule has 148 valence electrons. The number of carbonyl (C=O) groups excluding carboxylic acids is 1. The van der Waals surface area contributed by atoms with E-state index in [1.807, 2.05) is 30.3 Å². The molecule has 1 atom stereocenters. The maximum Gasteiger partial charge on any atom is 0.247 e. The third-order valence-electron chi connectivity index (χ3n) is 4.75. The minimum atomic E-state index is -3.65. The highest BCUT2D eigenvalue weighted by atomic mass is 32.2. The van der Waals surface area contributed by atoms with Gasteiger partial charge in [-0.25, -0.2) is 8.42 Å². The molecule has 0 bridgehead atoms. The highest BCUT2D eigenvalue weighted by Gasteiger charge is 2.29. The van der Waals surface area contributed by atoms with Gasteiger partial charge in [-0.2, -0.15) is 0 Å². The quantitative estimate of drug-likeness (QED) is 0.531. The molecule has 7 heteroatoms. The molecule has 4 aromatic rings. The molecule has 1 N–H and O–H groups in total. The van der Waals surface area contributed by atoms with Crippen LogP contribution < -0.4 is 9.62 Å². The summed E-state index contributed by atoms with van der Waals surface area (Å²) >= 11 is 0. The van der Waals surface area contributed by atoms with Crippen molar-refractivity contribution in [1.29, 1.82) is 0 Å². The number of rotatable bonds is 5. The van der Waals surface area contributed by atoms with Gasteiger partial charge in [-0.3, -0.25) is 9.10 Å². The number of furan rings is 1. The summed E-state index contributed by atoms with van der Waals surface area (Å²) in [4.78, 5) is 12.8. The van der Waals surface area contributed by atoms with Crippen molar-refractivity contribution >= 4 is 49.2 Å². The summed E-state index contributed by atoms with van der Waals surface area (Å²) in [6.07, 6.45) is 1.09. The molecule has 1 heterocycles. The molecule has 4 rings (SSSR count). The fourth-order valence-electron chi connectivity index (χ4n) is 3.43. The molecule has 0 saturated heterocycles. The molecule has 6 nitrogen and oxygen atoms in total.